The summed E-state index contributed by atoms with van der Waals surface area (Å²) in [4.78, 5) is 14.0. The Hall–Kier alpha value is -2.62. The number of aliphatic imine (C=N–C) groups is 1. The highest BCUT2D eigenvalue weighted by molar-refractivity contribution is 14.0. The van der Waals surface area contributed by atoms with Crippen molar-refractivity contribution >= 4 is 35.8 Å². The van der Waals surface area contributed by atoms with Gasteiger partial charge in [0.2, 0.25) is 0 Å². The average Bonchev–Trinajstić information content (AvgIpc) is 3.27. The lowest BCUT2D eigenvalue weighted by Crippen LogP contribution is -2.52. The van der Waals surface area contributed by atoms with E-state index in [2.05, 4.69) is 38.2 Å². The fraction of sp³-hybridized carbons (Fsp3) is 0.318. The van der Waals surface area contributed by atoms with Gasteiger partial charge in [-0.1, -0.05) is 24.3 Å². The number of nitrogens with one attached hydrogen (secondary N) is 1. The maximum Gasteiger partial charge on any atom is 0.194 e. The van der Waals surface area contributed by atoms with Crippen molar-refractivity contribution in [3.05, 3.63) is 72.7 Å². The number of pyridine rings is 1. The third kappa shape index (κ3) is 5.50. The summed E-state index contributed by atoms with van der Waals surface area (Å²) in [5, 5.41) is 7.90. The highest BCUT2D eigenvalue weighted by atomic mass is 127. The van der Waals surface area contributed by atoms with Crippen molar-refractivity contribution in [3.63, 3.8) is 0 Å². The molecule has 0 amide bonds. The van der Waals surface area contributed by atoms with Gasteiger partial charge < -0.3 is 15.1 Å². The van der Waals surface area contributed by atoms with Crippen LogP contribution >= 0.6 is 24.0 Å². The molecular formula is C22H28IN7. The van der Waals surface area contributed by atoms with E-state index in [9.17, 15) is 0 Å². The van der Waals surface area contributed by atoms with Gasteiger partial charge >= 0.3 is 0 Å². The van der Waals surface area contributed by atoms with E-state index in [0.29, 0.717) is 6.54 Å². The summed E-state index contributed by atoms with van der Waals surface area (Å²) in [6.07, 6.45) is 5.78. The molecule has 3 heterocycles. The number of anilines is 1. The molecule has 0 atom stereocenters. The van der Waals surface area contributed by atoms with Gasteiger partial charge in [0.15, 0.2) is 5.96 Å². The van der Waals surface area contributed by atoms with E-state index in [1.165, 1.54) is 0 Å². The van der Waals surface area contributed by atoms with Gasteiger partial charge in [-0.3, -0.25) is 0 Å². The molecule has 8 heteroatoms. The Morgan fingerprint density at radius 3 is 2.50 bits per heavy atom. The molecule has 1 fully saturated rings. The highest BCUT2D eigenvalue weighted by Crippen LogP contribution is 2.13. The van der Waals surface area contributed by atoms with Gasteiger partial charge in [0.05, 0.1) is 18.4 Å². The number of guanidine groups is 1. The van der Waals surface area contributed by atoms with Crippen molar-refractivity contribution in [3.8, 4) is 5.69 Å². The van der Waals surface area contributed by atoms with Crippen molar-refractivity contribution in [2.24, 2.45) is 4.99 Å². The number of benzene rings is 1. The number of halogens is 1. The SMILES string of the molecule is CCNC(=NCc1cnn(-c2ccccc2)c1)N1CCN(c2ccccn2)CC1.I. The molecule has 1 aliphatic rings. The molecule has 0 bridgehead atoms. The Morgan fingerprint density at radius 2 is 1.80 bits per heavy atom. The fourth-order valence-corrected chi connectivity index (χ4v) is 3.44. The summed E-state index contributed by atoms with van der Waals surface area (Å²) < 4.78 is 1.89. The zero-order valence-corrected chi connectivity index (χ0v) is 19.5. The second kappa shape index (κ2) is 11.0. The largest absolute Gasteiger partial charge is 0.357 e. The predicted molar refractivity (Wildman–Crippen MR) is 132 cm³/mol. The Bertz CT molecular complexity index is 919. The number of rotatable bonds is 5. The first-order chi connectivity index (χ1) is 14.3. The van der Waals surface area contributed by atoms with Gasteiger partial charge in [-0.2, -0.15) is 5.10 Å². The van der Waals surface area contributed by atoms with Crippen LogP contribution < -0.4 is 10.2 Å². The van der Waals surface area contributed by atoms with Crippen molar-refractivity contribution in [2.45, 2.75) is 13.5 Å². The molecular weight excluding hydrogens is 489 g/mol. The quantitative estimate of drug-likeness (QED) is 0.320. The third-order valence-corrected chi connectivity index (χ3v) is 4.96. The molecule has 2 aromatic heterocycles. The summed E-state index contributed by atoms with van der Waals surface area (Å²) in [6, 6.07) is 16.2. The molecule has 4 rings (SSSR count). The van der Waals surface area contributed by atoms with Gasteiger partial charge in [-0.25, -0.2) is 14.7 Å². The van der Waals surface area contributed by atoms with Gasteiger partial charge in [-0.05, 0) is 31.2 Å². The zero-order valence-electron chi connectivity index (χ0n) is 17.2. The van der Waals surface area contributed by atoms with Gasteiger partial charge in [0.25, 0.3) is 0 Å². The number of nitrogens with zero attached hydrogens (tertiary/aromatic N) is 6. The third-order valence-electron chi connectivity index (χ3n) is 4.96. The minimum absolute atomic E-state index is 0. The van der Waals surface area contributed by atoms with Crippen molar-refractivity contribution in [1.29, 1.82) is 0 Å². The molecule has 1 N–H and O–H groups in total. The molecule has 3 aromatic rings. The Balaban J connectivity index is 0.00000256. The van der Waals surface area contributed by atoms with Crippen molar-refractivity contribution in [1.82, 2.24) is 25.0 Å². The van der Waals surface area contributed by atoms with Crippen LogP contribution in [0.2, 0.25) is 0 Å². The van der Waals surface area contributed by atoms with Crippen LogP contribution in [0.5, 0.6) is 0 Å². The Kier molecular flexibility index (Phi) is 8.06. The van der Waals surface area contributed by atoms with Crippen LogP contribution in [-0.4, -0.2) is 58.3 Å². The zero-order chi connectivity index (χ0) is 19.9. The van der Waals surface area contributed by atoms with E-state index in [1.54, 1.807) is 0 Å². The first-order valence-electron chi connectivity index (χ1n) is 10.1. The molecule has 1 aliphatic heterocycles. The van der Waals surface area contributed by atoms with E-state index in [1.807, 2.05) is 65.7 Å². The topological polar surface area (TPSA) is 61.6 Å². The van der Waals surface area contributed by atoms with E-state index in [-0.39, 0.29) is 24.0 Å². The maximum absolute atomic E-state index is 4.86. The molecule has 0 unspecified atom stereocenters. The van der Waals surface area contributed by atoms with E-state index in [0.717, 1.165) is 55.8 Å². The van der Waals surface area contributed by atoms with Gasteiger partial charge in [0, 0.05) is 50.7 Å². The molecule has 0 radical (unpaired) electrons. The lowest BCUT2D eigenvalue weighted by atomic mass is 10.3. The predicted octanol–water partition coefficient (Wildman–Crippen LogP) is 3.17. The van der Waals surface area contributed by atoms with Crippen LogP contribution in [0.4, 0.5) is 5.82 Å². The summed E-state index contributed by atoms with van der Waals surface area (Å²) in [7, 11) is 0. The standard InChI is InChI=1S/C22H27N7.HI/c1-2-23-22(28-14-12-27(13-15-28)21-10-6-7-11-24-21)25-16-19-17-26-29(18-19)20-8-4-3-5-9-20;/h3-11,17-18H,2,12-16H2,1H3,(H,23,25);1H. The van der Waals surface area contributed by atoms with Crippen LogP contribution in [0.25, 0.3) is 5.69 Å². The van der Waals surface area contributed by atoms with Crippen molar-refractivity contribution < 1.29 is 0 Å². The number of piperazine rings is 1. The lowest BCUT2D eigenvalue weighted by molar-refractivity contribution is 0.371. The molecule has 0 saturated carbocycles. The van der Waals surface area contributed by atoms with Crippen LogP contribution in [0, 0.1) is 0 Å². The molecule has 30 heavy (non-hydrogen) atoms. The summed E-state index contributed by atoms with van der Waals surface area (Å²) in [5.74, 6) is 2.00. The molecule has 158 valence electrons. The van der Waals surface area contributed by atoms with Crippen LogP contribution in [0.1, 0.15) is 12.5 Å². The summed E-state index contributed by atoms with van der Waals surface area (Å²) >= 11 is 0. The Labute approximate surface area is 194 Å². The van der Waals surface area contributed by atoms with Gasteiger partial charge in [0.1, 0.15) is 5.82 Å². The number of hydrogen-bond donors (Lipinski definition) is 1. The molecule has 1 aromatic carbocycles. The monoisotopic (exact) mass is 517 g/mol. The number of aromatic nitrogens is 3. The summed E-state index contributed by atoms with van der Waals surface area (Å²) in [5.41, 5.74) is 2.15. The molecule has 0 spiro atoms. The second-order valence-corrected chi connectivity index (χ2v) is 6.96. The fourth-order valence-electron chi connectivity index (χ4n) is 3.44. The summed E-state index contributed by atoms with van der Waals surface area (Å²) in [6.45, 7) is 7.28. The van der Waals surface area contributed by atoms with E-state index < -0.39 is 0 Å². The second-order valence-electron chi connectivity index (χ2n) is 6.96. The number of para-hydroxylation sites is 1. The van der Waals surface area contributed by atoms with Crippen LogP contribution in [-0.2, 0) is 6.54 Å². The van der Waals surface area contributed by atoms with E-state index in [4.69, 9.17) is 4.99 Å². The minimum Gasteiger partial charge on any atom is -0.357 e. The molecule has 7 nitrogen and oxygen atoms in total. The molecule has 1 saturated heterocycles. The first-order valence-corrected chi connectivity index (χ1v) is 10.1. The Morgan fingerprint density at radius 1 is 1.03 bits per heavy atom. The number of hydrogen-bond acceptors (Lipinski definition) is 4. The average molecular weight is 517 g/mol. The van der Waals surface area contributed by atoms with Crippen LogP contribution in [0.3, 0.4) is 0 Å². The normalized spacial score (nSPS) is 14.4. The van der Waals surface area contributed by atoms with E-state index >= 15 is 0 Å². The molecule has 0 aliphatic carbocycles. The highest BCUT2D eigenvalue weighted by Gasteiger charge is 2.20. The minimum atomic E-state index is 0. The van der Waals surface area contributed by atoms with Crippen molar-refractivity contribution in [2.75, 3.05) is 37.6 Å². The van der Waals surface area contributed by atoms with Gasteiger partial charge in [-0.15, -0.1) is 24.0 Å². The van der Waals surface area contributed by atoms with Crippen LogP contribution in [0.15, 0.2) is 72.1 Å². The lowest BCUT2D eigenvalue weighted by Gasteiger charge is -2.37. The maximum atomic E-state index is 4.86. The smallest absolute Gasteiger partial charge is 0.194 e. The first kappa shape index (κ1) is 22.1.